The first-order valence-corrected chi connectivity index (χ1v) is 9.94. The Morgan fingerprint density at radius 1 is 1.19 bits per heavy atom. The summed E-state index contributed by atoms with van der Waals surface area (Å²) in [4.78, 5) is 23.7. The van der Waals surface area contributed by atoms with Gasteiger partial charge in [-0.05, 0) is 35.4 Å². The van der Waals surface area contributed by atoms with Gasteiger partial charge in [-0.1, -0.05) is 18.2 Å². The normalized spacial score (nSPS) is 11.6. The smallest absolute Gasteiger partial charge is 0.411 e. The molecule has 2 amide bonds. The van der Waals surface area contributed by atoms with Crippen LogP contribution >= 0.6 is 0 Å². The van der Waals surface area contributed by atoms with Crippen molar-refractivity contribution < 1.29 is 24.2 Å². The first kappa shape index (κ1) is 22.8. The number of nitrogens with one attached hydrogen (secondary N) is 2. The number of hydrogen-bond donors (Lipinski definition) is 5. The number of aromatic amines is 1. The summed E-state index contributed by atoms with van der Waals surface area (Å²) in [5.74, 6) is -0.141. The molecule has 0 aliphatic rings. The average molecular weight is 439 g/mol. The van der Waals surface area contributed by atoms with Gasteiger partial charge in [0.15, 0.2) is 0 Å². The van der Waals surface area contributed by atoms with Crippen LogP contribution in [0.1, 0.15) is 28.4 Å². The molecule has 2 aromatic carbocycles. The number of anilines is 1. The van der Waals surface area contributed by atoms with Crippen LogP contribution in [-0.2, 0) is 4.74 Å². The van der Waals surface area contributed by atoms with Crippen LogP contribution in [0.4, 0.5) is 10.5 Å². The number of nitrogens with zero attached hydrogens (tertiary/aromatic N) is 1. The number of benzene rings is 2. The summed E-state index contributed by atoms with van der Waals surface area (Å²) in [6.45, 7) is 0.152. The molecule has 168 valence electrons. The number of aliphatic hydroxyl groups is 1. The van der Waals surface area contributed by atoms with E-state index in [4.69, 9.17) is 26.0 Å². The largest absolute Gasteiger partial charge is 0.491 e. The lowest BCUT2D eigenvalue weighted by atomic mass is 10.1. The Labute approximate surface area is 184 Å². The molecule has 10 nitrogen and oxygen atoms in total. The number of primary amides is 1. The van der Waals surface area contributed by atoms with Gasteiger partial charge in [-0.3, -0.25) is 15.2 Å². The summed E-state index contributed by atoms with van der Waals surface area (Å²) < 4.78 is 11.0. The zero-order valence-corrected chi connectivity index (χ0v) is 17.3. The van der Waals surface area contributed by atoms with E-state index in [0.717, 1.165) is 11.1 Å². The minimum atomic E-state index is -0.713. The fourth-order valence-electron chi connectivity index (χ4n) is 2.91. The summed E-state index contributed by atoms with van der Waals surface area (Å²) in [5, 5.41) is 18.3. The number of ether oxygens (including phenoxy) is 2. The van der Waals surface area contributed by atoms with Gasteiger partial charge in [0.25, 0.3) is 0 Å². The molecule has 0 aliphatic heterocycles. The molecule has 0 bridgehead atoms. The molecule has 0 aliphatic carbocycles. The number of aromatic nitrogens is 2. The van der Waals surface area contributed by atoms with E-state index >= 15 is 0 Å². The van der Waals surface area contributed by atoms with Crippen molar-refractivity contribution in [2.24, 2.45) is 11.5 Å². The fraction of sp³-hybridized carbons (Fsp3) is 0.227. The van der Waals surface area contributed by atoms with Gasteiger partial charge < -0.3 is 26.0 Å². The SMILES string of the molecule is NC(=O)c1cccc(C(N)COC(=O)Nc2ccc(-c3cn[nH]c3)cc2OCCCO)c1. The maximum atomic E-state index is 12.3. The van der Waals surface area contributed by atoms with Gasteiger partial charge in [0, 0.05) is 30.4 Å². The Balaban J connectivity index is 1.65. The standard InChI is InChI=1S/C22H25N5O5/c23-18(15-3-1-4-16(9-15)21(24)29)13-32-22(30)27-19-6-5-14(17-11-25-26-12-17)10-20(19)31-8-2-7-28/h1,3-6,9-12,18,28H,2,7-8,13,23H2,(H2,24,29)(H,25,26)(H,27,30). The van der Waals surface area contributed by atoms with E-state index in [9.17, 15) is 9.59 Å². The van der Waals surface area contributed by atoms with Gasteiger partial charge in [0.2, 0.25) is 5.91 Å². The quantitative estimate of drug-likeness (QED) is 0.302. The molecule has 1 atom stereocenters. The third-order valence-electron chi connectivity index (χ3n) is 4.60. The van der Waals surface area contributed by atoms with Crippen molar-refractivity contribution in [2.75, 3.05) is 25.1 Å². The predicted molar refractivity (Wildman–Crippen MR) is 118 cm³/mol. The third kappa shape index (κ3) is 6.06. The molecule has 10 heteroatoms. The van der Waals surface area contributed by atoms with Crippen molar-refractivity contribution in [3.63, 3.8) is 0 Å². The predicted octanol–water partition coefficient (Wildman–Crippen LogP) is 2.19. The van der Waals surface area contributed by atoms with Crippen LogP contribution < -0.4 is 21.5 Å². The summed E-state index contributed by atoms with van der Waals surface area (Å²) >= 11 is 0. The molecule has 7 N–H and O–H groups in total. The monoisotopic (exact) mass is 439 g/mol. The molecule has 3 aromatic rings. The van der Waals surface area contributed by atoms with Gasteiger partial charge in [-0.25, -0.2) is 4.79 Å². The van der Waals surface area contributed by atoms with Gasteiger partial charge in [0.1, 0.15) is 12.4 Å². The van der Waals surface area contributed by atoms with Crippen LogP contribution in [0.5, 0.6) is 5.75 Å². The minimum Gasteiger partial charge on any atom is -0.491 e. The van der Waals surface area contributed by atoms with Crippen LogP contribution in [-0.4, -0.2) is 47.1 Å². The van der Waals surface area contributed by atoms with Crippen molar-refractivity contribution >= 4 is 17.7 Å². The maximum Gasteiger partial charge on any atom is 0.411 e. The number of hydrogen-bond acceptors (Lipinski definition) is 7. The number of rotatable bonds is 10. The van der Waals surface area contributed by atoms with Crippen molar-refractivity contribution in [3.8, 4) is 16.9 Å². The number of nitrogens with two attached hydrogens (primary N) is 2. The highest BCUT2D eigenvalue weighted by Gasteiger charge is 2.14. The molecule has 32 heavy (non-hydrogen) atoms. The Kier molecular flexibility index (Phi) is 7.79. The maximum absolute atomic E-state index is 12.3. The Bertz CT molecular complexity index is 1050. The molecule has 0 saturated carbocycles. The van der Waals surface area contributed by atoms with Crippen molar-refractivity contribution in [3.05, 3.63) is 66.0 Å². The lowest BCUT2D eigenvalue weighted by molar-refractivity contribution is 0.0999. The second-order valence-corrected chi connectivity index (χ2v) is 6.94. The summed E-state index contributed by atoms with van der Waals surface area (Å²) in [6.07, 6.45) is 3.14. The average Bonchev–Trinajstić information content (AvgIpc) is 3.33. The number of aliphatic hydroxyl groups excluding tert-OH is 1. The van der Waals surface area contributed by atoms with E-state index in [1.54, 1.807) is 54.9 Å². The van der Waals surface area contributed by atoms with Gasteiger partial charge >= 0.3 is 6.09 Å². The molecule has 0 fully saturated rings. The van der Waals surface area contributed by atoms with Crippen molar-refractivity contribution in [1.29, 1.82) is 0 Å². The highest BCUT2D eigenvalue weighted by Crippen LogP contribution is 2.31. The highest BCUT2D eigenvalue weighted by atomic mass is 16.5. The van der Waals surface area contributed by atoms with Gasteiger partial charge in [-0.2, -0.15) is 5.10 Å². The third-order valence-corrected chi connectivity index (χ3v) is 4.60. The molecular weight excluding hydrogens is 414 g/mol. The van der Waals surface area contributed by atoms with E-state index in [1.165, 1.54) is 0 Å². The van der Waals surface area contributed by atoms with Crippen LogP contribution in [0.3, 0.4) is 0 Å². The highest BCUT2D eigenvalue weighted by molar-refractivity contribution is 5.93. The first-order chi connectivity index (χ1) is 15.5. The second-order valence-electron chi connectivity index (χ2n) is 6.94. The lowest BCUT2D eigenvalue weighted by Gasteiger charge is -2.16. The fourth-order valence-corrected chi connectivity index (χ4v) is 2.91. The molecule has 1 aromatic heterocycles. The van der Waals surface area contributed by atoms with E-state index in [2.05, 4.69) is 15.5 Å². The number of amides is 2. The number of carbonyl (C=O) groups excluding carboxylic acids is 2. The summed E-state index contributed by atoms with van der Waals surface area (Å²) in [7, 11) is 0. The zero-order chi connectivity index (χ0) is 22.9. The number of carbonyl (C=O) groups is 2. The van der Waals surface area contributed by atoms with Crippen LogP contribution in [0, 0.1) is 0 Å². The molecule has 3 rings (SSSR count). The number of H-pyrrole nitrogens is 1. The van der Waals surface area contributed by atoms with E-state index in [0.29, 0.717) is 29.0 Å². The Morgan fingerprint density at radius 3 is 2.75 bits per heavy atom. The summed E-state index contributed by atoms with van der Waals surface area (Å²) in [5.41, 5.74) is 14.4. The van der Waals surface area contributed by atoms with Crippen molar-refractivity contribution in [2.45, 2.75) is 12.5 Å². The van der Waals surface area contributed by atoms with Gasteiger partial charge in [0.05, 0.1) is 24.5 Å². The topological polar surface area (TPSA) is 166 Å². The molecular formula is C22H25N5O5. The minimum absolute atomic E-state index is 0.0128. The molecule has 1 unspecified atom stereocenters. The molecule has 0 spiro atoms. The van der Waals surface area contributed by atoms with Crippen molar-refractivity contribution in [1.82, 2.24) is 10.2 Å². The second kappa shape index (κ2) is 10.9. The van der Waals surface area contributed by atoms with Gasteiger partial charge in [-0.15, -0.1) is 0 Å². The molecule has 0 saturated heterocycles. The molecule has 0 radical (unpaired) electrons. The van der Waals surface area contributed by atoms with Crippen LogP contribution in [0.2, 0.25) is 0 Å². The van der Waals surface area contributed by atoms with E-state index in [-0.39, 0.29) is 19.8 Å². The Morgan fingerprint density at radius 2 is 2.03 bits per heavy atom. The Hall–Kier alpha value is -3.89. The van der Waals surface area contributed by atoms with Crippen LogP contribution in [0.15, 0.2) is 54.9 Å². The van der Waals surface area contributed by atoms with Crippen LogP contribution in [0.25, 0.3) is 11.1 Å². The first-order valence-electron chi connectivity index (χ1n) is 9.94. The lowest BCUT2D eigenvalue weighted by Crippen LogP contribution is -2.23. The van der Waals surface area contributed by atoms with E-state index in [1.807, 2.05) is 0 Å². The zero-order valence-electron chi connectivity index (χ0n) is 17.3. The molecule has 1 heterocycles. The van der Waals surface area contributed by atoms with E-state index < -0.39 is 18.0 Å². The summed E-state index contributed by atoms with van der Waals surface area (Å²) in [6, 6.07) is 11.2.